The molecule has 2 heterocycles. The number of nitrogens with two attached hydrogens (primary N) is 1. The lowest BCUT2D eigenvalue weighted by molar-refractivity contribution is -0.131. The van der Waals surface area contributed by atoms with Crippen molar-refractivity contribution >= 4 is 5.91 Å². The van der Waals surface area contributed by atoms with Crippen molar-refractivity contribution in [3.8, 4) is 0 Å². The van der Waals surface area contributed by atoms with E-state index >= 15 is 0 Å². The zero-order valence-corrected chi connectivity index (χ0v) is 12.2. The number of nitrogens with zero attached hydrogens (tertiary/aromatic N) is 1. The van der Waals surface area contributed by atoms with Gasteiger partial charge in [0.25, 0.3) is 0 Å². The smallest absolute Gasteiger partial charge is 0.227 e. The third-order valence-electron chi connectivity index (χ3n) is 4.73. The number of morpholine rings is 1. The molecule has 0 aromatic heterocycles. The van der Waals surface area contributed by atoms with E-state index in [9.17, 15) is 4.79 Å². The summed E-state index contributed by atoms with van der Waals surface area (Å²) in [5.74, 6) is 0.0460. The van der Waals surface area contributed by atoms with Gasteiger partial charge in [-0.3, -0.25) is 9.69 Å². The van der Waals surface area contributed by atoms with Crippen LogP contribution >= 0.6 is 0 Å². The van der Waals surface area contributed by atoms with Crippen molar-refractivity contribution in [3.05, 3.63) is 0 Å². The van der Waals surface area contributed by atoms with Crippen LogP contribution in [-0.4, -0.2) is 55.7 Å². The Morgan fingerprint density at radius 2 is 2.37 bits per heavy atom. The first-order valence-electron chi connectivity index (χ1n) is 7.43. The second kappa shape index (κ2) is 6.20. The summed E-state index contributed by atoms with van der Waals surface area (Å²) in [6, 6.07) is 0.608. The second-order valence-electron chi connectivity index (χ2n) is 6.07. The predicted molar refractivity (Wildman–Crippen MR) is 74.8 cm³/mol. The Morgan fingerprint density at radius 1 is 1.58 bits per heavy atom. The first-order chi connectivity index (χ1) is 9.09. The monoisotopic (exact) mass is 269 g/mol. The lowest BCUT2D eigenvalue weighted by atomic mass is 9.86. The Labute approximate surface area is 115 Å². The molecule has 0 aliphatic carbocycles. The standard InChI is InChI=1S/C14H27N3O2/c1-3-14(2,10-15)13(18)16-7-12-8-17-6-4-5-11(17)9-19-12/h11-12H,3-10,15H2,1-2H3,(H,16,18). The maximum atomic E-state index is 12.1. The largest absolute Gasteiger partial charge is 0.373 e. The van der Waals surface area contributed by atoms with Crippen LogP contribution in [0.3, 0.4) is 0 Å². The van der Waals surface area contributed by atoms with Crippen molar-refractivity contribution in [2.24, 2.45) is 11.1 Å². The highest BCUT2D eigenvalue weighted by molar-refractivity contribution is 5.82. The molecule has 0 saturated carbocycles. The number of fused-ring (bicyclic) bond motifs is 1. The summed E-state index contributed by atoms with van der Waals surface area (Å²) in [5, 5.41) is 3.00. The molecule has 2 fully saturated rings. The number of carbonyl (C=O) groups excluding carboxylic acids is 1. The highest BCUT2D eigenvalue weighted by Gasteiger charge is 2.34. The zero-order chi connectivity index (χ0) is 13.9. The number of carbonyl (C=O) groups is 1. The lowest BCUT2D eigenvalue weighted by Gasteiger charge is -2.36. The summed E-state index contributed by atoms with van der Waals surface area (Å²) in [7, 11) is 0. The molecule has 2 aliphatic rings. The molecular weight excluding hydrogens is 242 g/mol. The summed E-state index contributed by atoms with van der Waals surface area (Å²) in [5.41, 5.74) is 5.24. The van der Waals surface area contributed by atoms with E-state index in [2.05, 4.69) is 10.2 Å². The Hall–Kier alpha value is -0.650. The van der Waals surface area contributed by atoms with Gasteiger partial charge in [0, 0.05) is 25.7 Å². The van der Waals surface area contributed by atoms with Crippen molar-refractivity contribution in [2.75, 3.05) is 32.8 Å². The van der Waals surface area contributed by atoms with Gasteiger partial charge in [0.15, 0.2) is 0 Å². The maximum Gasteiger partial charge on any atom is 0.227 e. The fraction of sp³-hybridized carbons (Fsp3) is 0.929. The topological polar surface area (TPSA) is 67.6 Å². The zero-order valence-electron chi connectivity index (χ0n) is 12.2. The highest BCUT2D eigenvalue weighted by Crippen LogP contribution is 2.23. The van der Waals surface area contributed by atoms with Gasteiger partial charge in [0.1, 0.15) is 0 Å². The normalized spacial score (nSPS) is 30.7. The van der Waals surface area contributed by atoms with Crippen LogP contribution in [0, 0.1) is 5.41 Å². The van der Waals surface area contributed by atoms with Gasteiger partial charge < -0.3 is 15.8 Å². The second-order valence-corrected chi connectivity index (χ2v) is 6.07. The molecule has 19 heavy (non-hydrogen) atoms. The van der Waals surface area contributed by atoms with Gasteiger partial charge in [0.2, 0.25) is 5.91 Å². The van der Waals surface area contributed by atoms with E-state index in [0.717, 1.165) is 19.6 Å². The molecule has 2 rings (SSSR count). The summed E-state index contributed by atoms with van der Waals surface area (Å²) < 4.78 is 5.83. The molecule has 5 heteroatoms. The quantitative estimate of drug-likeness (QED) is 0.755. The van der Waals surface area contributed by atoms with E-state index in [-0.39, 0.29) is 12.0 Å². The summed E-state index contributed by atoms with van der Waals surface area (Å²) >= 11 is 0. The number of hydrogen-bond donors (Lipinski definition) is 2. The Bertz CT molecular complexity index is 318. The predicted octanol–water partition coefficient (Wildman–Crippen LogP) is 0.341. The molecule has 1 amide bonds. The van der Waals surface area contributed by atoms with Crippen LogP contribution in [0.1, 0.15) is 33.1 Å². The lowest BCUT2D eigenvalue weighted by Crippen LogP contribution is -2.52. The molecule has 3 atom stereocenters. The van der Waals surface area contributed by atoms with Crippen molar-refractivity contribution in [1.29, 1.82) is 0 Å². The number of ether oxygens (including phenoxy) is 1. The summed E-state index contributed by atoms with van der Waals surface area (Å²) in [4.78, 5) is 14.6. The maximum absolute atomic E-state index is 12.1. The molecule has 2 aliphatic heterocycles. The first kappa shape index (κ1) is 14.8. The van der Waals surface area contributed by atoms with Gasteiger partial charge in [-0.25, -0.2) is 0 Å². The van der Waals surface area contributed by atoms with Crippen LogP contribution in [-0.2, 0) is 9.53 Å². The average molecular weight is 269 g/mol. The molecule has 0 aromatic carbocycles. The van der Waals surface area contributed by atoms with E-state index in [1.165, 1.54) is 19.4 Å². The minimum atomic E-state index is -0.454. The van der Waals surface area contributed by atoms with E-state index < -0.39 is 5.41 Å². The van der Waals surface area contributed by atoms with Crippen molar-refractivity contribution in [3.63, 3.8) is 0 Å². The number of rotatable bonds is 5. The van der Waals surface area contributed by atoms with Crippen LogP contribution in [0.4, 0.5) is 0 Å². The highest BCUT2D eigenvalue weighted by atomic mass is 16.5. The molecule has 0 spiro atoms. The third kappa shape index (κ3) is 3.27. The van der Waals surface area contributed by atoms with Crippen LogP contribution in [0.5, 0.6) is 0 Å². The van der Waals surface area contributed by atoms with Gasteiger partial charge in [-0.05, 0) is 32.7 Å². The Kier molecular flexibility index (Phi) is 4.81. The van der Waals surface area contributed by atoms with Gasteiger partial charge >= 0.3 is 0 Å². The Balaban J connectivity index is 1.78. The molecule has 110 valence electrons. The molecule has 5 nitrogen and oxygen atoms in total. The van der Waals surface area contributed by atoms with Gasteiger partial charge in [-0.2, -0.15) is 0 Å². The average Bonchev–Trinajstić information content (AvgIpc) is 2.91. The van der Waals surface area contributed by atoms with Crippen LogP contribution in [0.25, 0.3) is 0 Å². The first-order valence-corrected chi connectivity index (χ1v) is 7.43. The fourth-order valence-corrected chi connectivity index (χ4v) is 2.83. The number of hydrogen-bond acceptors (Lipinski definition) is 4. The molecule has 0 bridgehead atoms. The van der Waals surface area contributed by atoms with Gasteiger partial charge in [-0.1, -0.05) is 6.92 Å². The van der Waals surface area contributed by atoms with Crippen LogP contribution in [0.2, 0.25) is 0 Å². The third-order valence-corrected chi connectivity index (χ3v) is 4.73. The van der Waals surface area contributed by atoms with Gasteiger partial charge in [-0.15, -0.1) is 0 Å². The van der Waals surface area contributed by atoms with Crippen molar-refractivity contribution in [1.82, 2.24) is 10.2 Å². The van der Waals surface area contributed by atoms with E-state index in [1.807, 2.05) is 13.8 Å². The molecule has 3 N–H and O–H groups in total. The minimum absolute atomic E-state index is 0.0460. The van der Waals surface area contributed by atoms with Crippen molar-refractivity contribution in [2.45, 2.75) is 45.3 Å². The SMILES string of the molecule is CCC(C)(CN)C(=O)NCC1CN2CCCC2CO1. The van der Waals surface area contributed by atoms with Crippen LogP contribution < -0.4 is 11.1 Å². The molecule has 3 unspecified atom stereocenters. The molecule has 0 radical (unpaired) electrons. The minimum Gasteiger partial charge on any atom is -0.373 e. The molecular formula is C14H27N3O2. The van der Waals surface area contributed by atoms with Gasteiger partial charge in [0.05, 0.1) is 18.1 Å². The van der Waals surface area contributed by atoms with E-state index in [1.54, 1.807) is 0 Å². The number of nitrogens with one attached hydrogen (secondary N) is 1. The van der Waals surface area contributed by atoms with E-state index in [4.69, 9.17) is 10.5 Å². The molecule has 2 saturated heterocycles. The van der Waals surface area contributed by atoms with Crippen LogP contribution in [0.15, 0.2) is 0 Å². The number of amides is 1. The fourth-order valence-electron chi connectivity index (χ4n) is 2.83. The summed E-state index contributed by atoms with van der Waals surface area (Å²) in [6.07, 6.45) is 3.40. The van der Waals surface area contributed by atoms with E-state index in [0.29, 0.717) is 19.1 Å². The molecule has 0 aromatic rings. The van der Waals surface area contributed by atoms with Crippen molar-refractivity contribution < 1.29 is 9.53 Å². The summed E-state index contributed by atoms with van der Waals surface area (Å²) in [6.45, 7) is 7.82. The Morgan fingerprint density at radius 3 is 3.05 bits per heavy atom.